The quantitative estimate of drug-likeness (QED) is 0.434. The Hall–Kier alpha value is -0.900. The van der Waals surface area contributed by atoms with Gasteiger partial charge in [0.05, 0.1) is 19.3 Å². The Morgan fingerprint density at radius 3 is 3.00 bits per heavy atom. The molecule has 0 saturated carbocycles. The summed E-state index contributed by atoms with van der Waals surface area (Å²) in [6.45, 7) is 0. The van der Waals surface area contributed by atoms with E-state index in [1.54, 1.807) is 0 Å². The Kier molecular flexibility index (Phi) is 2.07. The Morgan fingerprint density at radius 2 is 2.31 bits per heavy atom. The number of carbonyl (C=O) groups excluding carboxylic acids is 2. The summed E-state index contributed by atoms with van der Waals surface area (Å²) in [7, 11) is 1.30. The van der Waals surface area contributed by atoms with Crippen molar-refractivity contribution in [3.63, 3.8) is 0 Å². The fraction of sp³-hybridized carbons (Fsp3) is 0.778. The van der Waals surface area contributed by atoms with E-state index in [1.165, 1.54) is 7.11 Å². The minimum atomic E-state index is -0.663. The second-order valence-corrected chi connectivity index (χ2v) is 3.55. The number of carbonyl (C=O) groups is 2. The number of hydrogen-bond acceptors (Lipinski definition) is 4. The van der Waals surface area contributed by atoms with E-state index in [2.05, 4.69) is 4.74 Å². The smallest absolute Gasteiger partial charge is 0.318 e. The van der Waals surface area contributed by atoms with Crippen molar-refractivity contribution in [1.29, 1.82) is 0 Å². The van der Waals surface area contributed by atoms with Gasteiger partial charge in [0, 0.05) is 6.42 Å². The van der Waals surface area contributed by atoms with Crippen molar-refractivity contribution < 1.29 is 19.1 Å². The molecule has 0 aromatic heterocycles. The zero-order chi connectivity index (χ0) is 9.42. The van der Waals surface area contributed by atoms with Crippen LogP contribution in [-0.2, 0) is 19.1 Å². The summed E-state index contributed by atoms with van der Waals surface area (Å²) in [5.74, 6) is -1.13. The third-order valence-corrected chi connectivity index (χ3v) is 2.74. The van der Waals surface area contributed by atoms with Gasteiger partial charge in [0.2, 0.25) is 0 Å². The van der Waals surface area contributed by atoms with Gasteiger partial charge in [-0.25, -0.2) is 0 Å². The summed E-state index contributed by atoms with van der Waals surface area (Å²) in [6.07, 6.45) is 1.90. The molecular weight excluding hydrogens is 172 g/mol. The zero-order valence-electron chi connectivity index (χ0n) is 7.49. The highest BCUT2D eigenvalue weighted by Gasteiger charge is 2.46. The summed E-state index contributed by atoms with van der Waals surface area (Å²) in [5, 5.41) is 0. The molecule has 2 saturated heterocycles. The fourth-order valence-electron chi connectivity index (χ4n) is 2.10. The van der Waals surface area contributed by atoms with Gasteiger partial charge in [-0.1, -0.05) is 0 Å². The van der Waals surface area contributed by atoms with Gasteiger partial charge in [-0.15, -0.1) is 0 Å². The van der Waals surface area contributed by atoms with Gasteiger partial charge in [0.1, 0.15) is 5.92 Å². The van der Waals surface area contributed by atoms with E-state index < -0.39 is 11.9 Å². The van der Waals surface area contributed by atoms with Crippen LogP contribution in [0, 0.1) is 5.92 Å². The molecule has 0 unspecified atom stereocenters. The predicted molar refractivity (Wildman–Crippen MR) is 43.0 cm³/mol. The summed E-state index contributed by atoms with van der Waals surface area (Å²) in [5.41, 5.74) is 0. The molecule has 0 radical (unpaired) electrons. The van der Waals surface area contributed by atoms with Crippen LogP contribution in [0.2, 0.25) is 0 Å². The van der Waals surface area contributed by atoms with Gasteiger partial charge in [0.25, 0.3) is 0 Å². The fourth-order valence-corrected chi connectivity index (χ4v) is 2.10. The molecule has 2 aliphatic heterocycles. The highest BCUT2D eigenvalue weighted by atomic mass is 16.5. The van der Waals surface area contributed by atoms with Crippen LogP contribution < -0.4 is 0 Å². The van der Waals surface area contributed by atoms with E-state index in [9.17, 15) is 9.59 Å². The zero-order valence-corrected chi connectivity index (χ0v) is 7.49. The van der Waals surface area contributed by atoms with Gasteiger partial charge in [-0.2, -0.15) is 0 Å². The molecule has 2 bridgehead atoms. The largest absolute Gasteiger partial charge is 0.468 e. The van der Waals surface area contributed by atoms with E-state index in [0.717, 1.165) is 12.8 Å². The van der Waals surface area contributed by atoms with Crippen molar-refractivity contribution in [3.8, 4) is 0 Å². The standard InChI is InChI=1S/C9H12O4/c1-12-9(11)8-6(10)4-5-2-3-7(8)13-5/h5,7-8H,2-4H2,1H3/t5-,7+,8-/m1/s1. The SMILES string of the molecule is COC(=O)[C@@H]1C(=O)C[C@H]2CC[C@@H]1O2. The number of Topliss-reactive ketones (excluding diaryl/α,β-unsaturated/α-hetero) is 1. The number of methoxy groups -OCH3 is 1. The van der Waals surface area contributed by atoms with Crippen LogP contribution in [0.25, 0.3) is 0 Å². The molecule has 2 rings (SSSR count). The molecule has 2 heterocycles. The van der Waals surface area contributed by atoms with Gasteiger partial charge in [-0.3, -0.25) is 9.59 Å². The maximum atomic E-state index is 11.5. The molecule has 0 N–H and O–H groups in total. The number of ether oxygens (including phenoxy) is 2. The first-order chi connectivity index (χ1) is 6.22. The van der Waals surface area contributed by atoms with Crippen molar-refractivity contribution in [3.05, 3.63) is 0 Å². The predicted octanol–water partition coefficient (Wildman–Crippen LogP) is 0.296. The molecular formula is C9H12O4. The van der Waals surface area contributed by atoms with Crippen molar-refractivity contribution in [2.24, 2.45) is 5.92 Å². The highest BCUT2D eigenvalue weighted by Crippen LogP contribution is 2.34. The lowest BCUT2D eigenvalue weighted by Crippen LogP contribution is -2.41. The second-order valence-electron chi connectivity index (χ2n) is 3.55. The van der Waals surface area contributed by atoms with Crippen LogP contribution in [0.5, 0.6) is 0 Å². The van der Waals surface area contributed by atoms with Crippen molar-refractivity contribution in [2.75, 3.05) is 7.11 Å². The average Bonchev–Trinajstić information content (AvgIpc) is 2.48. The molecule has 4 nitrogen and oxygen atoms in total. The highest BCUT2D eigenvalue weighted by molar-refractivity contribution is 6.00. The molecule has 13 heavy (non-hydrogen) atoms. The second kappa shape index (κ2) is 3.10. The lowest BCUT2D eigenvalue weighted by atomic mass is 9.94. The maximum absolute atomic E-state index is 11.5. The minimum Gasteiger partial charge on any atom is -0.468 e. The van der Waals surface area contributed by atoms with Gasteiger partial charge in [-0.05, 0) is 12.8 Å². The Balaban J connectivity index is 2.16. The number of hydrogen-bond donors (Lipinski definition) is 0. The Labute approximate surface area is 76.2 Å². The maximum Gasteiger partial charge on any atom is 0.318 e. The topological polar surface area (TPSA) is 52.6 Å². The third kappa shape index (κ3) is 1.35. The summed E-state index contributed by atoms with van der Waals surface area (Å²) in [6, 6.07) is 0. The molecule has 72 valence electrons. The summed E-state index contributed by atoms with van der Waals surface area (Å²) in [4.78, 5) is 22.7. The number of esters is 1. The first-order valence-corrected chi connectivity index (χ1v) is 4.48. The molecule has 0 aromatic rings. The van der Waals surface area contributed by atoms with Crippen molar-refractivity contribution in [1.82, 2.24) is 0 Å². The van der Waals surface area contributed by atoms with Gasteiger partial charge < -0.3 is 9.47 Å². The number of rotatable bonds is 1. The number of fused-ring (bicyclic) bond motifs is 2. The van der Waals surface area contributed by atoms with Crippen LogP contribution >= 0.6 is 0 Å². The van der Waals surface area contributed by atoms with E-state index in [4.69, 9.17) is 4.74 Å². The van der Waals surface area contributed by atoms with Crippen LogP contribution in [0.4, 0.5) is 0 Å². The normalized spacial score (nSPS) is 37.6. The summed E-state index contributed by atoms with van der Waals surface area (Å²) >= 11 is 0. The molecule has 0 aliphatic carbocycles. The lowest BCUT2D eigenvalue weighted by Gasteiger charge is -2.25. The van der Waals surface area contributed by atoms with Crippen LogP contribution in [0.3, 0.4) is 0 Å². The molecule has 2 fully saturated rings. The van der Waals surface area contributed by atoms with E-state index in [-0.39, 0.29) is 18.0 Å². The first-order valence-electron chi connectivity index (χ1n) is 4.48. The summed E-state index contributed by atoms with van der Waals surface area (Å²) < 4.78 is 10.1. The van der Waals surface area contributed by atoms with Crippen molar-refractivity contribution >= 4 is 11.8 Å². The monoisotopic (exact) mass is 184 g/mol. The molecule has 2 aliphatic rings. The molecule has 0 amide bonds. The van der Waals surface area contributed by atoms with Gasteiger partial charge in [0.15, 0.2) is 5.78 Å². The minimum absolute atomic E-state index is 0.0226. The molecule has 0 spiro atoms. The van der Waals surface area contributed by atoms with Crippen LogP contribution in [-0.4, -0.2) is 31.1 Å². The Bertz CT molecular complexity index is 248. The first kappa shape index (κ1) is 8.69. The number of ketones is 1. The third-order valence-electron chi connectivity index (χ3n) is 2.74. The van der Waals surface area contributed by atoms with E-state index in [1.807, 2.05) is 0 Å². The van der Waals surface area contributed by atoms with E-state index >= 15 is 0 Å². The molecule has 3 atom stereocenters. The average molecular weight is 184 g/mol. The van der Waals surface area contributed by atoms with E-state index in [0.29, 0.717) is 6.42 Å². The van der Waals surface area contributed by atoms with Crippen LogP contribution in [0.1, 0.15) is 19.3 Å². The van der Waals surface area contributed by atoms with Crippen molar-refractivity contribution in [2.45, 2.75) is 31.5 Å². The van der Waals surface area contributed by atoms with Crippen LogP contribution in [0.15, 0.2) is 0 Å². The van der Waals surface area contributed by atoms with Gasteiger partial charge >= 0.3 is 5.97 Å². The Morgan fingerprint density at radius 1 is 1.54 bits per heavy atom. The lowest BCUT2D eigenvalue weighted by molar-refractivity contribution is -0.161. The molecule has 4 heteroatoms. The molecule has 0 aromatic carbocycles.